The first-order chi connectivity index (χ1) is 8.15. The normalized spacial score (nSPS) is 10.2. The van der Waals surface area contributed by atoms with Crippen LogP contribution in [0.1, 0.15) is 11.1 Å². The molecule has 0 aromatic heterocycles. The van der Waals surface area contributed by atoms with Gasteiger partial charge in [0.25, 0.3) is 0 Å². The van der Waals surface area contributed by atoms with Crippen LogP contribution in [0, 0.1) is 12.7 Å². The van der Waals surface area contributed by atoms with Gasteiger partial charge in [-0.05, 0) is 48.4 Å². The molecule has 0 saturated carbocycles. The van der Waals surface area contributed by atoms with E-state index in [9.17, 15) is 9.50 Å². The van der Waals surface area contributed by atoms with Gasteiger partial charge in [-0.25, -0.2) is 4.39 Å². The highest BCUT2D eigenvalue weighted by Crippen LogP contribution is 2.20. The van der Waals surface area contributed by atoms with Gasteiger partial charge in [-0.2, -0.15) is 0 Å². The molecule has 0 saturated heterocycles. The summed E-state index contributed by atoms with van der Waals surface area (Å²) in [6.07, 6.45) is 0. The Morgan fingerprint density at radius 2 is 2.00 bits per heavy atom. The van der Waals surface area contributed by atoms with Gasteiger partial charge in [0, 0.05) is 0 Å². The SMILES string of the molecule is Cc1cc(F)ccc1OCc1cccc(O)c1. The predicted octanol–water partition coefficient (Wildman–Crippen LogP) is 3.42. The van der Waals surface area contributed by atoms with Gasteiger partial charge in [0.05, 0.1) is 0 Å². The van der Waals surface area contributed by atoms with Crippen LogP contribution in [0.3, 0.4) is 0 Å². The van der Waals surface area contributed by atoms with Crippen LogP contribution in [-0.4, -0.2) is 5.11 Å². The summed E-state index contributed by atoms with van der Waals surface area (Å²) in [6.45, 7) is 2.14. The molecule has 0 amide bonds. The lowest BCUT2D eigenvalue weighted by atomic mass is 10.2. The number of hydrogen-bond donors (Lipinski definition) is 1. The molecule has 2 nitrogen and oxygen atoms in total. The van der Waals surface area contributed by atoms with Crippen LogP contribution in [-0.2, 0) is 6.61 Å². The van der Waals surface area contributed by atoms with Crippen LogP contribution in [0.15, 0.2) is 42.5 Å². The zero-order valence-electron chi connectivity index (χ0n) is 9.48. The molecule has 17 heavy (non-hydrogen) atoms. The van der Waals surface area contributed by atoms with E-state index in [1.807, 2.05) is 6.07 Å². The minimum absolute atomic E-state index is 0.210. The number of phenols is 1. The summed E-state index contributed by atoms with van der Waals surface area (Å²) >= 11 is 0. The van der Waals surface area contributed by atoms with Gasteiger partial charge in [-0.1, -0.05) is 12.1 Å². The van der Waals surface area contributed by atoms with Crippen LogP contribution in [0.4, 0.5) is 4.39 Å². The topological polar surface area (TPSA) is 29.5 Å². The second-order valence-corrected chi connectivity index (χ2v) is 3.87. The molecule has 3 heteroatoms. The fraction of sp³-hybridized carbons (Fsp3) is 0.143. The summed E-state index contributed by atoms with van der Waals surface area (Å²) in [5.74, 6) is 0.587. The Kier molecular flexibility index (Phi) is 3.28. The number of halogens is 1. The van der Waals surface area contributed by atoms with E-state index in [1.54, 1.807) is 31.2 Å². The number of aryl methyl sites for hydroxylation is 1. The summed E-state index contributed by atoms with van der Waals surface area (Å²) < 4.78 is 18.4. The summed E-state index contributed by atoms with van der Waals surface area (Å²) in [5.41, 5.74) is 1.62. The van der Waals surface area contributed by atoms with E-state index in [0.29, 0.717) is 12.4 Å². The average molecular weight is 232 g/mol. The maximum Gasteiger partial charge on any atom is 0.123 e. The van der Waals surface area contributed by atoms with Gasteiger partial charge in [0.1, 0.15) is 23.9 Å². The lowest BCUT2D eigenvalue weighted by Crippen LogP contribution is -1.97. The van der Waals surface area contributed by atoms with Crippen molar-refractivity contribution < 1.29 is 14.2 Å². The van der Waals surface area contributed by atoms with E-state index in [1.165, 1.54) is 12.1 Å². The van der Waals surface area contributed by atoms with E-state index in [-0.39, 0.29) is 11.6 Å². The molecule has 1 N–H and O–H groups in total. The van der Waals surface area contributed by atoms with Gasteiger partial charge < -0.3 is 9.84 Å². The molecule has 2 aromatic carbocycles. The van der Waals surface area contributed by atoms with Gasteiger partial charge in [-0.3, -0.25) is 0 Å². The van der Waals surface area contributed by atoms with Crippen molar-refractivity contribution >= 4 is 0 Å². The first-order valence-electron chi connectivity index (χ1n) is 5.32. The second-order valence-electron chi connectivity index (χ2n) is 3.87. The minimum atomic E-state index is -0.271. The van der Waals surface area contributed by atoms with Crippen LogP contribution in [0.5, 0.6) is 11.5 Å². The lowest BCUT2D eigenvalue weighted by molar-refractivity contribution is 0.303. The highest BCUT2D eigenvalue weighted by molar-refractivity contribution is 5.33. The van der Waals surface area contributed by atoms with E-state index < -0.39 is 0 Å². The van der Waals surface area contributed by atoms with Crippen molar-refractivity contribution in [3.63, 3.8) is 0 Å². The maximum atomic E-state index is 12.9. The highest BCUT2D eigenvalue weighted by Gasteiger charge is 2.02. The standard InChI is InChI=1S/C14H13FO2/c1-10-7-12(15)5-6-14(10)17-9-11-3-2-4-13(16)8-11/h2-8,16H,9H2,1H3. The molecule has 0 bridgehead atoms. The molecule has 0 unspecified atom stereocenters. The van der Waals surface area contributed by atoms with Crippen molar-refractivity contribution in [2.45, 2.75) is 13.5 Å². The third kappa shape index (κ3) is 2.97. The summed E-state index contributed by atoms with van der Waals surface area (Å²) in [7, 11) is 0. The van der Waals surface area contributed by atoms with Crippen molar-refractivity contribution in [3.8, 4) is 11.5 Å². The number of rotatable bonds is 3. The zero-order valence-corrected chi connectivity index (χ0v) is 9.48. The first-order valence-corrected chi connectivity index (χ1v) is 5.32. The van der Waals surface area contributed by atoms with E-state index in [2.05, 4.69) is 0 Å². The third-order valence-corrected chi connectivity index (χ3v) is 2.44. The molecule has 88 valence electrons. The first kappa shape index (κ1) is 11.5. The fourth-order valence-electron chi connectivity index (χ4n) is 1.58. The van der Waals surface area contributed by atoms with Crippen molar-refractivity contribution in [2.75, 3.05) is 0 Å². The molecule has 0 aliphatic carbocycles. The molecule has 2 aromatic rings. The van der Waals surface area contributed by atoms with Gasteiger partial charge in [0.15, 0.2) is 0 Å². The smallest absolute Gasteiger partial charge is 0.123 e. The Balaban J connectivity index is 2.07. The van der Waals surface area contributed by atoms with E-state index in [0.717, 1.165) is 11.1 Å². The quantitative estimate of drug-likeness (QED) is 0.878. The Morgan fingerprint density at radius 1 is 1.18 bits per heavy atom. The summed E-state index contributed by atoms with van der Waals surface area (Å²) in [4.78, 5) is 0. The van der Waals surface area contributed by atoms with Gasteiger partial charge >= 0.3 is 0 Å². The van der Waals surface area contributed by atoms with Crippen molar-refractivity contribution in [1.82, 2.24) is 0 Å². The van der Waals surface area contributed by atoms with Crippen LogP contribution in [0.25, 0.3) is 0 Å². The Morgan fingerprint density at radius 3 is 2.71 bits per heavy atom. The van der Waals surface area contributed by atoms with Crippen molar-refractivity contribution in [2.24, 2.45) is 0 Å². The largest absolute Gasteiger partial charge is 0.508 e. The molecule has 0 aliphatic heterocycles. The minimum Gasteiger partial charge on any atom is -0.508 e. The fourth-order valence-corrected chi connectivity index (χ4v) is 1.58. The van der Waals surface area contributed by atoms with Crippen molar-refractivity contribution in [3.05, 3.63) is 59.4 Å². The number of ether oxygens (including phenoxy) is 1. The Bertz CT molecular complexity index is 523. The Hall–Kier alpha value is -2.03. The van der Waals surface area contributed by atoms with E-state index >= 15 is 0 Å². The molecule has 0 atom stereocenters. The van der Waals surface area contributed by atoms with E-state index in [4.69, 9.17) is 4.74 Å². The van der Waals surface area contributed by atoms with Gasteiger partial charge in [-0.15, -0.1) is 0 Å². The molecular weight excluding hydrogens is 219 g/mol. The Labute approximate surface area is 99.3 Å². The molecule has 0 aliphatic rings. The third-order valence-electron chi connectivity index (χ3n) is 2.44. The molecule has 2 rings (SSSR count). The monoisotopic (exact) mass is 232 g/mol. The number of aromatic hydroxyl groups is 1. The van der Waals surface area contributed by atoms with Crippen LogP contribution >= 0.6 is 0 Å². The maximum absolute atomic E-state index is 12.9. The van der Waals surface area contributed by atoms with Crippen molar-refractivity contribution in [1.29, 1.82) is 0 Å². The number of benzene rings is 2. The molecular formula is C14H13FO2. The summed E-state index contributed by atoms with van der Waals surface area (Å²) in [5, 5.41) is 9.30. The molecule has 0 fully saturated rings. The zero-order chi connectivity index (χ0) is 12.3. The second kappa shape index (κ2) is 4.87. The molecule has 0 heterocycles. The van der Waals surface area contributed by atoms with Crippen LogP contribution < -0.4 is 4.74 Å². The number of phenolic OH excluding ortho intramolecular Hbond substituents is 1. The number of hydrogen-bond acceptors (Lipinski definition) is 2. The average Bonchev–Trinajstić information content (AvgIpc) is 2.28. The predicted molar refractivity (Wildman–Crippen MR) is 63.6 cm³/mol. The van der Waals surface area contributed by atoms with Crippen LogP contribution in [0.2, 0.25) is 0 Å². The lowest BCUT2D eigenvalue weighted by Gasteiger charge is -2.09. The molecule has 0 spiro atoms. The molecule has 0 radical (unpaired) electrons. The van der Waals surface area contributed by atoms with Gasteiger partial charge in [0.2, 0.25) is 0 Å². The summed E-state index contributed by atoms with van der Waals surface area (Å²) in [6, 6.07) is 11.3. The highest BCUT2D eigenvalue weighted by atomic mass is 19.1.